The number of aliphatic hydroxyl groups excluding tert-OH is 1. The molecule has 4 nitrogen and oxygen atoms in total. The van der Waals surface area contributed by atoms with E-state index in [9.17, 15) is 14.7 Å². The van der Waals surface area contributed by atoms with E-state index in [1.807, 2.05) is 35.7 Å². The summed E-state index contributed by atoms with van der Waals surface area (Å²) in [6.45, 7) is 0. The van der Waals surface area contributed by atoms with Gasteiger partial charge in [-0.1, -0.05) is 30.0 Å². The molecule has 0 aliphatic carbocycles. The SMILES string of the molecule is O=C(O)C(=O)C=C(O)c1cscc1Sc1ccccc1. The lowest BCUT2D eigenvalue weighted by Crippen LogP contribution is -2.09. The second kappa shape index (κ2) is 6.40. The van der Waals surface area contributed by atoms with Crippen molar-refractivity contribution in [2.45, 2.75) is 9.79 Å². The van der Waals surface area contributed by atoms with Crippen molar-refractivity contribution in [2.75, 3.05) is 0 Å². The van der Waals surface area contributed by atoms with Crippen LogP contribution < -0.4 is 0 Å². The Morgan fingerprint density at radius 3 is 2.45 bits per heavy atom. The summed E-state index contributed by atoms with van der Waals surface area (Å²) in [6.07, 6.45) is 0.722. The van der Waals surface area contributed by atoms with Crippen LogP contribution >= 0.6 is 23.1 Å². The van der Waals surface area contributed by atoms with E-state index in [2.05, 4.69) is 0 Å². The van der Waals surface area contributed by atoms with Crippen molar-refractivity contribution in [1.82, 2.24) is 0 Å². The van der Waals surface area contributed by atoms with Gasteiger partial charge in [0.2, 0.25) is 0 Å². The highest BCUT2D eigenvalue weighted by molar-refractivity contribution is 7.99. The van der Waals surface area contributed by atoms with Crippen LogP contribution in [0.1, 0.15) is 5.56 Å². The van der Waals surface area contributed by atoms with Gasteiger partial charge in [-0.05, 0) is 12.1 Å². The van der Waals surface area contributed by atoms with Gasteiger partial charge in [-0.15, -0.1) is 0 Å². The standard InChI is InChI=1S/C14H10O4S2/c15-11(6-12(16)14(17)18)10-7-19-8-13(10)20-9-4-2-1-3-5-9/h1-8,15H,(H,17,18). The highest BCUT2D eigenvalue weighted by Gasteiger charge is 2.14. The van der Waals surface area contributed by atoms with Crippen molar-refractivity contribution >= 4 is 40.6 Å². The van der Waals surface area contributed by atoms with E-state index < -0.39 is 11.8 Å². The summed E-state index contributed by atoms with van der Waals surface area (Å²) in [7, 11) is 0. The Labute approximate surface area is 123 Å². The molecule has 0 radical (unpaired) electrons. The Bertz CT molecular complexity index is 659. The number of carbonyl (C=O) groups is 2. The first-order valence-electron chi connectivity index (χ1n) is 5.55. The van der Waals surface area contributed by atoms with E-state index in [0.29, 0.717) is 5.56 Å². The number of carboxylic acid groups (broad SMARTS) is 1. The molecule has 6 heteroatoms. The third-order valence-electron chi connectivity index (χ3n) is 2.35. The molecule has 0 bridgehead atoms. The van der Waals surface area contributed by atoms with Crippen molar-refractivity contribution in [3.63, 3.8) is 0 Å². The third-order valence-corrected chi connectivity index (χ3v) is 4.31. The van der Waals surface area contributed by atoms with E-state index in [-0.39, 0.29) is 5.76 Å². The van der Waals surface area contributed by atoms with Crippen LogP contribution in [0.15, 0.2) is 57.0 Å². The predicted molar refractivity (Wildman–Crippen MR) is 78.1 cm³/mol. The smallest absolute Gasteiger partial charge is 0.376 e. The van der Waals surface area contributed by atoms with Crippen LogP contribution in [0.25, 0.3) is 5.76 Å². The Balaban J connectivity index is 2.25. The van der Waals surface area contributed by atoms with Gasteiger partial charge in [0.1, 0.15) is 5.76 Å². The first-order valence-corrected chi connectivity index (χ1v) is 7.31. The van der Waals surface area contributed by atoms with Crippen molar-refractivity contribution in [3.05, 3.63) is 52.7 Å². The maximum absolute atomic E-state index is 11.1. The fraction of sp³-hybridized carbons (Fsp3) is 0. The molecule has 0 aliphatic heterocycles. The van der Waals surface area contributed by atoms with E-state index >= 15 is 0 Å². The van der Waals surface area contributed by atoms with Gasteiger partial charge < -0.3 is 10.2 Å². The van der Waals surface area contributed by atoms with E-state index in [1.165, 1.54) is 23.1 Å². The number of aliphatic carboxylic acids is 1. The van der Waals surface area contributed by atoms with Crippen LogP contribution in [0.5, 0.6) is 0 Å². The van der Waals surface area contributed by atoms with Crippen LogP contribution in [0.2, 0.25) is 0 Å². The number of thiophene rings is 1. The lowest BCUT2D eigenvalue weighted by molar-refractivity contribution is -0.146. The Morgan fingerprint density at radius 1 is 1.10 bits per heavy atom. The first kappa shape index (κ1) is 14.4. The summed E-state index contributed by atoms with van der Waals surface area (Å²) in [5.74, 6) is -3.08. The molecule has 2 rings (SSSR count). The number of hydrogen-bond donors (Lipinski definition) is 2. The fourth-order valence-electron chi connectivity index (χ4n) is 1.43. The summed E-state index contributed by atoms with van der Waals surface area (Å²) in [4.78, 5) is 23.3. The molecule has 0 saturated heterocycles. The summed E-state index contributed by atoms with van der Waals surface area (Å²) < 4.78 is 0. The molecule has 20 heavy (non-hydrogen) atoms. The average molecular weight is 306 g/mol. The number of ketones is 1. The minimum Gasteiger partial charge on any atom is -0.507 e. The van der Waals surface area contributed by atoms with E-state index in [4.69, 9.17) is 5.11 Å². The van der Waals surface area contributed by atoms with Crippen LogP contribution in [0, 0.1) is 0 Å². The number of carboxylic acids is 1. The van der Waals surface area contributed by atoms with Crippen molar-refractivity contribution in [2.24, 2.45) is 0 Å². The number of rotatable bonds is 5. The fourth-order valence-corrected chi connectivity index (χ4v) is 3.39. The van der Waals surface area contributed by atoms with Gasteiger partial charge in [0.05, 0.1) is 0 Å². The maximum atomic E-state index is 11.1. The van der Waals surface area contributed by atoms with Gasteiger partial charge >= 0.3 is 5.97 Å². The summed E-state index contributed by atoms with van der Waals surface area (Å²) >= 11 is 2.80. The van der Waals surface area contributed by atoms with Crippen molar-refractivity contribution in [1.29, 1.82) is 0 Å². The molecule has 1 aromatic carbocycles. The van der Waals surface area contributed by atoms with Crippen LogP contribution in [0.3, 0.4) is 0 Å². The third kappa shape index (κ3) is 3.49. The molecule has 1 heterocycles. The van der Waals surface area contributed by atoms with Gasteiger partial charge in [-0.25, -0.2) is 4.79 Å². The lowest BCUT2D eigenvalue weighted by Gasteiger charge is -2.03. The number of aliphatic hydroxyl groups is 1. The second-order valence-corrected chi connectivity index (χ2v) is 5.62. The zero-order valence-electron chi connectivity index (χ0n) is 10.1. The lowest BCUT2D eigenvalue weighted by atomic mass is 10.2. The number of benzene rings is 1. The molecule has 102 valence electrons. The molecule has 2 aromatic rings. The zero-order chi connectivity index (χ0) is 14.5. The van der Waals surface area contributed by atoms with Crippen LogP contribution in [-0.4, -0.2) is 22.0 Å². The first-order chi connectivity index (χ1) is 9.58. The summed E-state index contributed by atoms with van der Waals surface area (Å²) in [5, 5.41) is 21.9. The van der Waals surface area contributed by atoms with Crippen LogP contribution in [0.4, 0.5) is 0 Å². The zero-order valence-corrected chi connectivity index (χ0v) is 11.8. The minimum atomic E-state index is -1.59. The topological polar surface area (TPSA) is 74.6 Å². The molecular formula is C14H10O4S2. The molecule has 1 aromatic heterocycles. The second-order valence-electron chi connectivity index (χ2n) is 3.76. The molecule has 0 atom stereocenters. The molecule has 0 aliphatic rings. The molecule has 0 spiro atoms. The predicted octanol–water partition coefficient (Wildman–Crippen LogP) is 3.45. The quantitative estimate of drug-likeness (QED) is 0.503. The van der Waals surface area contributed by atoms with Gasteiger partial charge in [-0.2, -0.15) is 11.3 Å². The van der Waals surface area contributed by atoms with Gasteiger partial charge in [0, 0.05) is 32.2 Å². The van der Waals surface area contributed by atoms with Gasteiger partial charge in [0.15, 0.2) is 0 Å². The molecule has 0 unspecified atom stereocenters. The van der Waals surface area contributed by atoms with E-state index in [1.54, 1.807) is 5.38 Å². The molecule has 2 N–H and O–H groups in total. The number of carbonyl (C=O) groups excluding carboxylic acids is 1. The van der Waals surface area contributed by atoms with Gasteiger partial charge in [0.25, 0.3) is 5.78 Å². The largest absolute Gasteiger partial charge is 0.507 e. The Hall–Kier alpha value is -2.05. The highest BCUT2D eigenvalue weighted by atomic mass is 32.2. The monoisotopic (exact) mass is 306 g/mol. The van der Waals surface area contributed by atoms with Crippen molar-refractivity contribution < 1.29 is 19.8 Å². The summed E-state index contributed by atoms with van der Waals surface area (Å²) in [6, 6.07) is 9.56. The summed E-state index contributed by atoms with van der Waals surface area (Å²) in [5.41, 5.74) is 0.457. The van der Waals surface area contributed by atoms with Crippen LogP contribution in [-0.2, 0) is 9.59 Å². The number of hydrogen-bond acceptors (Lipinski definition) is 5. The average Bonchev–Trinajstić information content (AvgIpc) is 2.88. The van der Waals surface area contributed by atoms with E-state index in [0.717, 1.165) is 15.9 Å². The van der Waals surface area contributed by atoms with Gasteiger partial charge in [-0.3, -0.25) is 4.79 Å². The minimum absolute atomic E-state index is 0.336. The Kier molecular flexibility index (Phi) is 4.60. The molecular weight excluding hydrogens is 296 g/mol. The normalized spacial score (nSPS) is 11.3. The molecule has 0 amide bonds. The molecule has 0 saturated carbocycles. The maximum Gasteiger partial charge on any atom is 0.376 e. The highest BCUT2D eigenvalue weighted by Crippen LogP contribution is 2.35. The molecule has 0 fully saturated rings. The Morgan fingerprint density at radius 2 is 1.80 bits per heavy atom. The van der Waals surface area contributed by atoms with Crippen molar-refractivity contribution in [3.8, 4) is 0 Å².